The van der Waals surface area contributed by atoms with E-state index in [0.717, 1.165) is 25.7 Å². The van der Waals surface area contributed by atoms with Crippen LogP contribution in [0.5, 0.6) is 5.75 Å². The summed E-state index contributed by atoms with van der Waals surface area (Å²) in [5, 5.41) is 22.3. The number of aliphatic hydroxyl groups is 1. The van der Waals surface area contributed by atoms with Crippen molar-refractivity contribution >= 4 is 17.5 Å². The van der Waals surface area contributed by atoms with Gasteiger partial charge in [0.1, 0.15) is 5.75 Å². The minimum Gasteiger partial charge on any atom is -0.507 e. The number of hydrogen-bond acceptors (Lipinski definition) is 3. The summed E-state index contributed by atoms with van der Waals surface area (Å²) in [6.07, 6.45) is 4.03. The Labute approximate surface area is 117 Å². The van der Waals surface area contributed by atoms with Gasteiger partial charge < -0.3 is 15.5 Å². The van der Waals surface area contributed by atoms with E-state index in [9.17, 15) is 15.0 Å². The lowest BCUT2D eigenvalue weighted by Gasteiger charge is -2.26. The van der Waals surface area contributed by atoms with Crippen LogP contribution in [0, 0.1) is 5.41 Å². The van der Waals surface area contributed by atoms with E-state index < -0.39 is 0 Å². The average molecular weight is 284 g/mol. The van der Waals surface area contributed by atoms with Crippen molar-refractivity contribution in [1.29, 1.82) is 0 Å². The lowest BCUT2D eigenvalue weighted by molar-refractivity contribution is 0.0878. The summed E-state index contributed by atoms with van der Waals surface area (Å²) in [6.45, 7) is 0.518. The Morgan fingerprint density at radius 3 is 2.63 bits per heavy atom. The van der Waals surface area contributed by atoms with Crippen molar-refractivity contribution in [3.63, 3.8) is 0 Å². The summed E-state index contributed by atoms with van der Waals surface area (Å²) in [6, 6.07) is 4.40. The molecule has 0 heterocycles. The molecule has 1 aliphatic carbocycles. The highest BCUT2D eigenvalue weighted by atomic mass is 35.5. The first kappa shape index (κ1) is 14.2. The van der Waals surface area contributed by atoms with Gasteiger partial charge in [-0.1, -0.05) is 24.4 Å². The number of amides is 1. The molecule has 0 unspecified atom stereocenters. The maximum Gasteiger partial charge on any atom is 0.255 e. The number of aliphatic hydroxyl groups excluding tert-OH is 1. The van der Waals surface area contributed by atoms with Gasteiger partial charge in [0.25, 0.3) is 5.91 Å². The normalized spacial score (nSPS) is 17.4. The number of benzene rings is 1. The van der Waals surface area contributed by atoms with Gasteiger partial charge in [-0.3, -0.25) is 4.79 Å². The minimum atomic E-state index is -0.339. The standard InChI is InChI=1S/C14H18ClNO3/c15-10-3-4-11(12(18)7-10)13(19)16-8-14(9-17)5-1-2-6-14/h3-4,7,17-18H,1-2,5-6,8-9H2,(H,16,19). The molecule has 1 fully saturated rings. The van der Waals surface area contributed by atoms with Crippen LogP contribution in [0.25, 0.3) is 0 Å². The monoisotopic (exact) mass is 283 g/mol. The molecule has 1 aromatic rings. The number of rotatable bonds is 4. The van der Waals surface area contributed by atoms with Crippen molar-refractivity contribution in [2.24, 2.45) is 5.41 Å². The highest BCUT2D eigenvalue weighted by Crippen LogP contribution is 2.37. The molecule has 3 N–H and O–H groups in total. The van der Waals surface area contributed by atoms with E-state index >= 15 is 0 Å². The number of hydrogen-bond donors (Lipinski definition) is 3. The Morgan fingerprint density at radius 2 is 2.05 bits per heavy atom. The van der Waals surface area contributed by atoms with E-state index in [1.165, 1.54) is 12.1 Å². The Hall–Kier alpha value is -1.26. The fraction of sp³-hybridized carbons (Fsp3) is 0.500. The van der Waals surface area contributed by atoms with Gasteiger partial charge in [0.2, 0.25) is 0 Å². The van der Waals surface area contributed by atoms with Gasteiger partial charge in [-0.05, 0) is 31.0 Å². The zero-order valence-electron chi connectivity index (χ0n) is 10.7. The first-order chi connectivity index (χ1) is 9.06. The van der Waals surface area contributed by atoms with Crippen LogP contribution < -0.4 is 5.32 Å². The number of nitrogens with one attached hydrogen (secondary N) is 1. The van der Waals surface area contributed by atoms with Crippen LogP contribution in [-0.4, -0.2) is 29.3 Å². The molecular formula is C14H18ClNO3. The molecule has 1 aliphatic rings. The molecule has 0 radical (unpaired) electrons. The summed E-state index contributed by atoms with van der Waals surface area (Å²) in [5.74, 6) is -0.469. The Kier molecular flexibility index (Phi) is 4.32. The largest absolute Gasteiger partial charge is 0.507 e. The summed E-state index contributed by atoms with van der Waals surface area (Å²) in [7, 11) is 0. The molecule has 1 saturated carbocycles. The quantitative estimate of drug-likeness (QED) is 0.794. The molecule has 1 amide bonds. The van der Waals surface area contributed by atoms with E-state index in [-0.39, 0.29) is 29.2 Å². The summed E-state index contributed by atoms with van der Waals surface area (Å²) >= 11 is 5.72. The summed E-state index contributed by atoms with van der Waals surface area (Å²) in [5.41, 5.74) is 0.00743. The summed E-state index contributed by atoms with van der Waals surface area (Å²) < 4.78 is 0. The van der Waals surface area contributed by atoms with E-state index in [0.29, 0.717) is 11.6 Å². The van der Waals surface area contributed by atoms with Gasteiger partial charge in [0, 0.05) is 17.0 Å². The third-order valence-corrected chi connectivity index (χ3v) is 4.06. The maximum absolute atomic E-state index is 12.0. The zero-order chi connectivity index (χ0) is 13.9. The van der Waals surface area contributed by atoms with Gasteiger partial charge in [0.05, 0.1) is 12.2 Å². The Bertz CT molecular complexity index is 470. The van der Waals surface area contributed by atoms with Gasteiger partial charge >= 0.3 is 0 Å². The fourth-order valence-electron chi connectivity index (χ4n) is 2.58. The van der Waals surface area contributed by atoms with Crippen LogP contribution in [0.1, 0.15) is 36.0 Å². The van der Waals surface area contributed by atoms with Crippen molar-refractivity contribution < 1.29 is 15.0 Å². The van der Waals surface area contributed by atoms with E-state index in [2.05, 4.69) is 5.32 Å². The molecule has 0 aromatic heterocycles. The molecule has 0 atom stereocenters. The summed E-state index contributed by atoms with van der Waals surface area (Å²) in [4.78, 5) is 12.0. The number of carbonyl (C=O) groups excluding carboxylic acids is 1. The minimum absolute atomic E-state index is 0.0832. The van der Waals surface area contributed by atoms with Crippen molar-refractivity contribution in [1.82, 2.24) is 5.32 Å². The van der Waals surface area contributed by atoms with E-state index in [1.807, 2.05) is 0 Å². The van der Waals surface area contributed by atoms with Crippen LogP contribution in [0.4, 0.5) is 0 Å². The number of aromatic hydroxyl groups is 1. The first-order valence-electron chi connectivity index (χ1n) is 6.44. The molecule has 0 aliphatic heterocycles. The lowest BCUT2D eigenvalue weighted by atomic mass is 9.87. The predicted octanol–water partition coefficient (Wildman–Crippen LogP) is 2.33. The van der Waals surface area contributed by atoms with Gasteiger partial charge in [-0.15, -0.1) is 0 Å². The molecule has 4 nitrogen and oxygen atoms in total. The fourth-order valence-corrected chi connectivity index (χ4v) is 2.74. The van der Waals surface area contributed by atoms with Crippen molar-refractivity contribution in [2.45, 2.75) is 25.7 Å². The zero-order valence-corrected chi connectivity index (χ0v) is 11.4. The Morgan fingerprint density at radius 1 is 1.37 bits per heavy atom. The molecule has 1 aromatic carbocycles. The highest BCUT2D eigenvalue weighted by molar-refractivity contribution is 6.30. The van der Waals surface area contributed by atoms with Crippen molar-refractivity contribution in [3.8, 4) is 5.75 Å². The van der Waals surface area contributed by atoms with E-state index in [4.69, 9.17) is 11.6 Å². The molecule has 0 bridgehead atoms. The van der Waals surface area contributed by atoms with Crippen molar-refractivity contribution in [2.75, 3.05) is 13.2 Å². The smallest absolute Gasteiger partial charge is 0.255 e. The molecule has 104 valence electrons. The Balaban J connectivity index is 2.01. The second-order valence-electron chi connectivity index (χ2n) is 5.21. The topological polar surface area (TPSA) is 69.6 Å². The van der Waals surface area contributed by atoms with Crippen LogP contribution in [0.2, 0.25) is 5.02 Å². The van der Waals surface area contributed by atoms with Crippen LogP contribution >= 0.6 is 11.6 Å². The van der Waals surface area contributed by atoms with Crippen LogP contribution in [0.15, 0.2) is 18.2 Å². The van der Waals surface area contributed by atoms with E-state index in [1.54, 1.807) is 6.07 Å². The first-order valence-corrected chi connectivity index (χ1v) is 6.82. The van der Waals surface area contributed by atoms with Gasteiger partial charge in [-0.2, -0.15) is 0 Å². The predicted molar refractivity (Wildman–Crippen MR) is 73.4 cm³/mol. The molecule has 5 heteroatoms. The van der Waals surface area contributed by atoms with Crippen LogP contribution in [-0.2, 0) is 0 Å². The highest BCUT2D eigenvalue weighted by Gasteiger charge is 2.33. The third kappa shape index (κ3) is 3.19. The average Bonchev–Trinajstić information content (AvgIpc) is 2.85. The number of halogens is 1. The molecular weight excluding hydrogens is 266 g/mol. The molecule has 0 saturated heterocycles. The molecule has 0 spiro atoms. The third-order valence-electron chi connectivity index (χ3n) is 3.83. The van der Waals surface area contributed by atoms with Gasteiger partial charge in [0.15, 0.2) is 0 Å². The second-order valence-corrected chi connectivity index (χ2v) is 5.65. The van der Waals surface area contributed by atoms with Crippen molar-refractivity contribution in [3.05, 3.63) is 28.8 Å². The molecule has 2 rings (SSSR count). The number of phenolic OH excluding ortho intramolecular Hbond substituents is 1. The number of phenols is 1. The number of carbonyl (C=O) groups is 1. The second kappa shape index (κ2) is 5.80. The lowest BCUT2D eigenvalue weighted by Crippen LogP contribution is -2.38. The maximum atomic E-state index is 12.0. The molecule has 19 heavy (non-hydrogen) atoms. The van der Waals surface area contributed by atoms with Gasteiger partial charge in [-0.25, -0.2) is 0 Å². The van der Waals surface area contributed by atoms with Crippen LogP contribution in [0.3, 0.4) is 0 Å². The SMILES string of the molecule is O=C(NCC1(CO)CCCC1)c1ccc(Cl)cc1O.